The van der Waals surface area contributed by atoms with Gasteiger partial charge in [0.25, 0.3) is 0 Å². The highest BCUT2D eigenvalue weighted by atomic mass is 35.5. The highest BCUT2D eigenvalue weighted by Crippen LogP contribution is 2.25. The van der Waals surface area contributed by atoms with E-state index in [1.807, 2.05) is 30.4 Å². The average molecular weight is 266 g/mol. The fraction of sp³-hybridized carbons (Fsp3) is 0.286. The highest BCUT2D eigenvalue weighted by Gasteiger charge is 2.05. The SMILES string of the molecule is Cc1cc(CNc2cccc(Cl)c2C)c(C)s1. The molecule has 0 saturated carbocycles. The van der Waals surface area contributed by atoms with E-state index in [0.29, 0.717) is 0 Å². The fourth-order valence-electron chi connectivity index (χ4n) is 1.85. The predicted octanol–water partition coefficient (Wildman–Crippen LogP) is 4.94. The van der Waals surface area contributed by atoms with Gasteiger partial charge in [-0.25, -0.2) is 0 Å². The van der Waals surface area contributed by atoms with Crippen molar-refractivity contribution < 1.29 is 0 Å². The van der Waals surface area contributed by atoms with Crippen molar-refractivity contribution in [1.82, 2.24) is 0 Å². The lowest BCUT2D eigenvalue weighted by molar-refractivity contribution is 1.13. The van der Waals surface area contributed by atoms with Crippen molar-refractivity contribution in [3.8, 4) is 0 Å². The van der Waals surface area contributed by atoms with Crippen molar-refractivity contribution in [1.29, 1.82) is 0 Å². The van der Waals surface area contributed by atoms with Crippen LogP contribution in [0, 0.1) is 20.8 Å². The Balaban J connectivity index is 2.12. The van der Waals surface area contributed by atoms with E-state index >= 15 is 0 Å². The van der Waals surface area contributed by atoms with Crippen molar-refractivity contribution in [3.05, 3.63) is 50.2 Å². The van der Waals surface area contributed by atoms with Crippen LogP contribution >= 0.6 is 22.9 Å². The topological polar surface area (TPSA) is 12.0 Å². The van der Waals surface area contributed by atoms with Gasteiger partial charge >= 0.3 is 0 Å². The van der Waals surface area contributed by atoms with E-state index in [4.69, 9.17) is 11.6 Å². The Labute approximate surface area is 111 Å². The standard InChI is InChI=1S/C14H16ClNS/c1-9-7-12(11(3)17-9)8-16-14-6-4-5-13(15)10(14)2/h4-7,16H,8H2,1-3H3. The Bertz CT molecular complexity index is 531. The minimum atomic E-state index is 0.813. The summed E-state index contributed by atoms with van der Waals surface area (Å²) in [5.41, 5.74) is 3.59. The lowest BCUT2D eigenvalue weighted by Gasteiger charge is -2.10. The van der Waals surface area contributed by atoms with Crippen LogP contribution in [0.5, 0.6) is 0 Å². The molecule has 0 amide bonds. The summed E-state index contributed by atoms with van der Waals surface area (Å²) in [6, 6.07) is 8.20. The zero-order valence-corrected chi connectivity index (χ0v) is 11.9. The molecule has 0 radical (unpaired) electrons. The van der Waals surface area contributed by atoms with Gasteiger partial charge in [-0.2, -0.15) is 0 Å². The molecule has 0 bridgehead atoms. The molecule has 0 fully saturated rings. The second-order valence-corrected chi connectivity index (χ2v) is 6.07. The van der Waals surface area contributed by atoms with Crippen LogP contribution in [0.25, 0.3) is 0 Å². The molecule has 2 rings (SSSR count). The lowest BCUT2D eigenvalue weighted by atomic mass is 10.2. The van der Waals surface area contributed by atoms with Crippen LogP contribution in [0.3, 0.4) is 0 Å². The Morgan fingerprint density at radius 2 is 2.00 bits per heavy atom. The van der Waals surface area contributed by atoms with Gasteiger partial charge in [0.15, 0.2) is 0 Å². The van der Waals surface area contributed by atoms with E-state index < -0.39 is 0 Å². The van der Waals surface area contributed by atoms with Crippen molar-refractivity contribution in [2.75, 3.05) is 5.32 Å². The van der Waals surface area contributed by atoms with E-state index in [9.17, 15) is 0 Å². The first kappa shape index (κ1) is 12.5. The molecule has 1 aromatic heterocycles. The molecule has 0 aliphatic heterocycles. The molecule has 0 saturated heterocycles. The smallest absolute Gasteiger partial charge is 0.0455 e. The lowest BCUT2D eigenvalue weighted by Crippen LogP contribution is -2.01. The fourth-order valence-corrected chi connectivity index (χ4v) is 2.97. The monoisotopic (exact) mass is 265 g/mol. The summed E-state index contributed by atoms with van der Waals surface area (Å²) >= 11 is 7.94. The van der Waals surface area contributed by atoms with Crippen LogP contribution in [0.15, 0.2) is 24.3 Å². The maximum Gasteiger partial charge on any atom is 0.0455 e. The van der Waals surface area contributed by atoms with Gasteiger partial charge < -0.3 is 5.32 Å². The number of halogens is 1. The largest absolute Gasteiger partial charge is 0.381 e. The van der Waals surface area contributed by atoms with Crippen molar-refractivity contribution in [2.45, 2.75) is 27.3 Å². The Kier molecular flexibility index (Phi) is 3.75. The van der Waals surface area contributed by atoms with E-state index in [2.05, 4.69) is 31.3 Å². The van der Waals surface area contributed by atoms with Crippen molar-refractivity contribution >= 4 is 28.6 Å². The summed E-state index contributed by atoms with van der Waals surface area (Å²) in [5.74, 6) is 0. The summed E-state index contributed by atoms with van der Waals surface area (Å²) in [6.45, 7) is 7.21. The molecule has 0 unspecified atom stereocenters. The number of hydrogen-bond acceptors (Lipinski definition) is 2. The normalized spacial score (nSPS) is 10.6. The molecule has 90 valence electrons. The Morgan fingerprint density at radius 3 is 2.65 bits per heavy atom. The predicted molar refractivity (Wildman–Crippen MR) is 77.3 cm³/mol. The summed E-state index contributed by atoms with van der Waals surface area (Å²) in [5, 5.41) is 4.26. The number of benzene rings is 1. The molecule has 1 nitrogen and oxygen atoms in total. The Hall–Kier alpha value is -0.990. The number of rotatable bonds is 3. The number of aryl methyl sites for hydroxylation is 2. The molecule has 1 N–H and O–H groups in total. The van der Waals surface area contributed by atoms with Gasteiger partial charge in [-0.1, -0.05) is 17.7 Å². The first-order valence-corrected chi connectivity index (χ1v) is 6.82. The summed E-state index contributed by atoms with van der Waals surface area (Å²) < 4.78 is 0. The molecular weight excluding hydrogens is 250 g/mol. The summed E-state index contributed by atoms with van der Waals surface area (Å²) in [7, 11) is 0. The number of thiophene rings is 1. The number of anilines is 1. The quantitative estimate of drug-likeness (QED) is 0.829. The molecule has 0 spiro atoms. The second kappa shape index (κ2) is 5.11. The van der Waals surface area contributed by atoms with Gasteiger partial charge in [0.1, 0.15) is 0 Å². The van der Waals surface area contributed by atoms with Crippen LogP contribution in [-0.2, 0) is 6.54 Å². The van der Waals surface area contributed by atoms with Crippen LogP contribution in [0.1, 0.15) is 20.9 Å². The number of hydrogen-bond donors (Lipinski definition) is 1. The average Bonchev–Trinajstić information content (AvgIpc) is 2.60. The molecule has 17 heavy (non-hydrogen) atoms. The van der Waals surface area contributed by atoms with Crippen LogP contribution in [0.4, 0.5) is 5.69 Å². The Morgan fingerprint density at radius 1 is 1.24 bits per heavy atom. The molecule has 0 aliphatic carbocycles. The summed E-state index contributed by atoms with van der Waals surface area (Å²) in [6.07, 6.45) is 0. The third-order valence-corrected chi connectivity index (χ3v) is 4.30. The second-order valence-electron chi connectivity index (χ2n) is 4.20. The molecule has 1 heterocycles. The maximum absolute atomic E-state index is 6.09. The third-order valence-electron chi connectivity index (χ3n) is 2.88. The van der Waals surface area contributed by atoms with E-state index in [1.54, 1.807) is 0 Å². The molecular formula is C14H16ClNS. The van der Waals surface area contributed by atoms with E-state index in [0.717, 1.165) is 22.8 Å². The minimum absolute atomic E-state index is 0.813. The summed E-state index contributed by atoms with van der Waals surface area (Å²) in [4.78, 5) is 2.75. The third kappa shape index (κ3) is 2.82. The van der Waals surface area contributed by atoms with Gasteiger partial charge in [0, 0.05) is 27.0 Å². The van der Waals surface area contributed by atoms with Gasteiger partial charge in [-0.15, -0.1) is 11.3 Å². The minimum Gasteiger partial charge on any atom is -0.381 e. The van der Waals surface area contributed by atoms with Crippen molar-refractivity contribution in [3.63, 3.8) is 0 Å². The van der Waals surface area contributed by atoms with E-state index in [-0.39, 0.29) is 0 Å². The van der Waals surface area contributed by atoms with Gasteiger partial charge in [-0.05, 0) is 50.1 Å². The highest BCUT2D eigenvalue weighted by molar-refractivity contribution is 7.12. The first-order chi connectivity index (χ1) is 8.08. The van der Waals surface area contributed by atoms with Crippen LogP contribution in [-0.4, -0.2) is 0 Å². The van der Waals surface area contributed by atoms with Crippen LogP contribution < -0.4 is 5.32 Å². The van der Waals surface area contributed by atoms with Crippen molar-refractivity contribution in [2.24, 2.45) is 0 Å². The zero-order valence-electron chi connectivity index (χ0n) is 10.3. The molecule has 0 atom stereocenters. The van der Waals surface area contributed by atoms with Crippen LogP contribution in [0.2, 0.25) is 5.02 Å². The van der Waals surface area contributed by atoms with Gasteiger partial charge in [0.05, 0.1) is 0 Å². The van der Waals surface area contributed by atoms with Gasteiger partial charge in [-0.3, -0.25) is 0 Å². The van der Waals surface area contributed by atoms with E-state index in [1.165, 1.54) is 15.3 Å². The van der Waals surface area contributed by atoms with Gasteiger partial charge in [0.2, 0.25) is 0 Å². The molecule has 3 heteroatoms. The number of nitrogens with one attached hydrogen (secondary N) is 1. The zero-order chi connectivity index (χ0) is 12.4. The maximum atomic E-state index is 6.09. The first-order valence-electron chi connectivity index (χ1n) is 5.63. The molecule has 0 aliphatic rings. The molecule has 1 aromatic carbocycles. The molecule has 2 aromatic rings.